The van der Waals surface area contributed by atoms with Gasteiger partial charge in [-0.05, 0) is 7.05 Å². The molecule has 0 radical (unpaired) electrons. The standard InChI is InChI=1S/C10H15N3O3/c1-11-5-7-4-9(14)13-10(12-7)8-6-15-2-3-16-8/h4,8,11H,2-3,5-6H2,1H3,(H,12,13,14). The molecule has 0 spiro atoms. The van der Waals surface area contributed by atoms with Gasteiger partial charge in [-0.2, -0.15) is 0 Å². The highest BCUT2D eigenvalue weighted by molar-refractivity contribution is 5.04. The Morgan fingerprint density at radius 1 is 1.62 bits per heavy atom. The third-order valence-corrected chi connectivity index (χ3v) is 2.29. The van der Waals surface area contributed by atoms with E-state index in [2.05, 4.69) is 15.3 Å². The summed E-state index contributed by atoms with van der Waals surface area (Å²) in [5, 5.41) is 2.95. The van der Waals surface area contributed by atoms with Crippen molar-refractivity contribution in [2.24, 2.45) is 0 Å². The van der Waals surface area contributed by atoms with Crippen molar-refractivity contribution in [3.05, 3.63) is 27.9 Å². The fourth-order valence-corrected chi connectivity index (χ4v) is 1.60. The van der Waals surface area contributed by atoms with Crippen LogP contribution in [0.1, 0.15) is 17.6 Å². The van der Waals surface area contributed by atoms with Gasteiger partial charge < -0.3 is 19.8 Å². The average Bonchev–Trinajstić information content (AvgIpc) is 2.30. The average molecular weight is 225 g/mol. The van der Waals surface area contributed by atoms with E-state index in [1.165, 1.54) is 6.07 Å². The lowest BCUT2D eigenvalue weighted by atomic mass is 10.3. The van der Waals surface area contributed by atoms with Crippen LogP contribution < -0.4 is 10.9 Å². The lowest BCUT2D eigenvalue weighted by molar-refractivity contribution is -0.0936. The Balaban J connectivity index is 2.21. The first-order valence-corrected chi connectivity index (χ1v) is 5.23. The zero-order chi connectivity index (χ0) is 11.4. The van der Waals surface area contributed by atoms with Gasteiger partial charge in [0.2, 0.25) is 0 Å². The van der Waals surface area contributed by atoms with E-state index < -0.39 is 0 Å². The highest BCUT2D eigenvalue weighted by Gasteiger charge is 2.19. The van der Waals surface area contributed by atoms with Crippen molar-refractivity contribution in [3.63, 3.8) is 0 Å². The van der Waals surface area contributed by atoms with E-state index in [1.54, 1.807) is 0 Å². The van der Waals surface area contributed by atoms with Crippen LogP contribution in [0.15, 0.2) is 10.9 Å². The van der Waals surface area contributed by atoms with E-state index in [0.29, 0.717) is 37.9 Å². The zero-order valence-electron chi connectivity index (χ0n) is 9.16. The Kier molecular flexibility index (Phi) is 3.66. The van der Waals surface area contributed by atoms with Gasteiger partial charge in [0.1, 0.15) is 11.9 Å². The summed E-state index contributed by atoms with van der Waals surface area (Å²) < 4.78 is 10.7. The van der Waals surface area contributed by atoms with E-state index in [1.807, 2.05) is 7.05 Å². The van der Waals surface area contributed by atoms with Crippen molar-refractivity contribution < 1.29 is 9.47 Å². The highest BCUT2D eigenvalue weighted by Crippen LogP contribution is 2.15. The maximum absolute atomic E-state index is 11.4. The smallest absolute Gasteiger partial charge is 0.251 e. The molecule has 2 rings (SSSR count). The van der Waals surface area contributed by atoms with Crippen LogP contribution in [-0.2, 0) is 16.0 Å². The number of rotatable bonds is 3. The largest absolute Gasteiger partial charge is 0.376 e. The molecular formula is C10H15N3O3. The van der Waals surface area contributed by atoms with E-state index >= 15 is 0 Å². The second-order valence-corrected chi connectivity index (χ2v) is 3.59. The van der Waals surface area contributed by atoms with Gasteiger partial charge in [0.15, 0.2) is 0 Å². The Morgan fingerprint density at radius 2 is 2.50 bits per heavy atom. The Morgan fingerprint density at radius 3 is 3.19 bits per heavy atom. The van der Waals surface area contributed by atoms with Crippen LogP contribution in [-0.4, -0.2) is 36.8 Å². The van der Waals surface area contributed by atoms with Crippen LogP contribution in [0, 0.1) is 0 Å². The predicted octanol–water partition coefficient (Wildman–Crippen LogP) is -0.423. The van der Waals surface area contributed by atoms with Gasteiger partial charge in [0.05, 0.1) is 25.5 Å². The molecule has 2 heterocycles. The number of hydrogen-bond acceptors (Lipinski definition) is 5. The zero-order valence-corrected chi connectivity index (χ0v) is 9.16. The summed E-state index contributed by atoms with van der Waals surface area (Å²) in [6.45, 7) is 2.12. The molecular weight excluding hydrogens is 210 g/mol. The summed E-state index contributed by atoms with van der Waals surface area (Å²) in [5.74, 6) is 0.539. The van der Waals surface area contributed by atoms with Crippen LogP contribution in [0.3, 0.4) is 0 Å². The third kappa shape index (κ3) is 2.66. The Labute approximate surface area is 93.0 Å². The third-order valence-electron chi connectivity index (χ3n) is 2.29. The molecule has 1 unspecified atom stereocenters. The van der Waals surface area contributed by atoms with Crippen molar-refractivity contribution >= 4 is 0 Å². The number of aromatic nitrogens is 2. The molecule has 1 atom stereocenters. The summed E-state index contributed by atoms with van der Waals surface area (Å²) in [5.41, 5.74) is 0.542. The van der Waals surface area contributed by atoms with Gasteiger partial charge in [0, 0.05) is 12.6 Å². The SMILES string of the molecule is CNCc1cc(=O)[nH]c(C2COCCO2)n1. The number of hydrogen-bond donors (Lipinski definition) is 2. The van der Waals surface area contributed by atoms with Gasteiger partial charge in [-0.15, -0.1) is 0 Å². The van der Waals surface area contributed by atoms with E-state index in [9.17, 15) is 4.79 Å². The predicted molar refractivity (Wildman–Crippen MR) is 57.1 cm³/mol. The summed E-state index contributed by atoms with van der Waals surface area (Å²) >= 11 is 0. The molecule has 0 bridgehead atoms. The second-order valence-electron chi connectivity index (χ2n) is 3.59. The van der Waals surface area contributed by atoms with Crippen LogP contribution in [0.5, 0.6) is 0 Å². The molecule has 1 aromatic rings. The number of ether oxygens (including phenoxy) is 2. The molecule has 1 aromatic heterocycles. The summed E-state index contributed by atoms with van der Waals surface area (Å²) in [6.07, 6.45) is -0.266. The lowest BCUT2D eigenvalue weighted by Gasteiger charge is -2.22. The number of nitrogens with zero attached hydrogens (tertiary/aromatic N) is 1. The van der Waals surface area contributed by atoms with Crippen molar-refractivity contribution in [1.82, 2.24) is 15.3 Å². The second kappa shape index (κ2) is 5.20. The lowest BCUT2D eigenvalue weighted by Crippen LogP contribution is -2.26. The first-order valence-electron chi connectivity index (χ1n) is 5.23. The minimum atomic E-state index is -0.266. The van der Waals surface area contributed by atoms with Gasteiger partial charge >= 0.3 is 0 Å². The van der Waals surface area contributed by atoms with Gasteiger partial charge in [0.25, 0.3) is 5.56 Å². The van der Waals surface area contributed by atoms with Crippen LogP contribution in [0.2, 0.25) is 0 Å². The molecule has 0 aliphatic carbocycles. The highest BCUT2D eigenvalue weighted by atomic mass is 16.6. The summed E-state index contributed by atoms with van der Waals surface area (Å²) in [7, 11) is 1.81. The van der Waals surface area contributed by atoms with Crippen molar-refractivity contribution in [1.29, 1.82) is 0 Å². The monoisotopic (exact) mass is 225 g/mol. The molecule has 1 aliphatic heterocycles. The minimum absolute atomic E-state index is 0.163. The number of aromatic amines is 1. The van der Waals surface area contributed by atoms with E-state index in [4.69, 9.17) is 9.47 Å². The molecule has 6 nitrogen and oxygen atoms in total. The molecule has 88 valence electrons. The van der Waals surface area contributed by atoms with Gasteiger partial charge in [-0.1, -0.05) is 0 Å². The first-order chi connectivity index (χ1) is 7.79. The minimum Gasteiger partial charge on any atom is -0.376 e. The summed E-state index contributed by atoms with van der Waals surface area (Å²) in [4.78, 5) is 18.4. The number of nitrogens with one attached hydrogen (secondary N) is 2. The molecule has 1 aliphatic rings. The molecule has 0 amide bonds. The van der Waals surface area contributed by atoms with Crippen molar-refractivity contribution in [2.45, 2.75) is 12.6 Å². The molecule has 1 fully saturated rings. The summed E-state index contributed by atoms with van der Waals surface area (Å²) in [6, 6.07) is 1.48. The Hall–Kier alpha value is -1.24. The van der Waals surface area contributed by atoms with Gasteiger partial charge in [-0.25, -0.2) is 4.98 Å². The van der Waals surface area contributed by atoms with Crippen LogP contribution in [0.4, 0.5) is 0 Å². The van der Waals surface area contributed by atoms with Crippen molar-refractivity contribution in [2.75, 3.05) is 26.9 Å². The quantitative estimate of drug-likeness (QED) is 0.730. The molecule has 6 heteroatoms. The number of H-pyrrole nitrogens is 1. The van der Waals surface area contributed by atoms with Crippen LogP contribution in [0.25, 0.3) is 0 Å². The maximum atomic E-state index is 11.4. The Bertz CT molecular complexity index is 399. The fourth-order valence-electron chi connectivity index (χ4n) is 1.60. The molecule has 0 saturated carbocycles. The molecule has 1 saturated heterocycles. The van der Waals surface area contributed by atoms with Crippen molar-refractivity contribution in [3.8, 4) is 0 Å². The molecule has 0 aromatic carbocycles. The normalized spacial score (nSPS) is 20.9. The van der Waals surface area contributed by atoms with E-state index in [0.717, 1.165) is 0 Å². The first kappa shape index (κ1) is 11.3. The van der Waals surface area contributed by atoms with Crippen LogP contribution >= 0.6 is 0 Å². The van der Waals surface area contributed by atoms with E-state index in [-0.39, 0.29) is 11.7 Å². The van der Waals surface area contributed by atoms with Gasteiger partial charge in [-0.3, -0.25) is 4.79 Å². The topological polar surface area (TPSA) is 76.2 Å². The maximum Gasteiger partial charge on any atom is 0.251 e. The fraction of sp³-hybridized carbons (Fsp3) is 0.600. The molecule has 16 heavy (non-hydrogen) atoms. The molecule has 2 N–H and O–H groups in total.